The van der Waals surface area contributed by atoms with Crippen LogP contribution >= 0.6 is 0 Å². The molecule has 6 nitrogen and oxygen atoms in total. The Morgan fingerprint density at radius 2 is 0.613 bits per heavy atom. The van der Waals surface area contributed by atoms with Crippen molar-refractivity contribution in [2.75, 3.05) is 13.2 Å². The van der Waals surface area contributed by atoms with Crippen molar-refractivity contribution < 1.29 is 28.6 Å². The Kier molecular flexibility index (Phi) is 47.9. The Balaban J connectivity index is 4.43. The zero-order valence-corrected chi connectivity index (χ0v) is 40.6. The lowest BCUT2D eigenvalue weighted by Gasteiger charge is -2.18. The molecule has 356 valence electrons. The van der Waals surface area contributed by atoms with Gasteiger partial charge in [-0.2, -0.15) is 0 Å². The van der Waals surface area contributed by atoms with Crippen LogP contribution < -0.4 is 0 Å². The van der Waals surface area contributed by atoms with Crippen LogP contribution in [-0.4, -0.2) is 37.2 Å². The van der Waals surface area contributed by atoms with Crippen molar-refractivity contribution >= 4 is 17.9 Å². The molecule has 62 heavy (non-hydrogen) atoms. The normalized spacial score (nSPS) is 12.6. The second kappa shape index (κ2) is 50.5. The maximum atomic E-state index is 12.8. The van der Waals surface area contributed by atoms with E-state index in [1.807, 2.05) is 0 Å². The SMILES string of the molecule is CCCC/C=C\C=C/CCCCCC(=O)OCC(COC(=O)CCCCCCC\C=C/C=C\C=C/CCCCCCC)OC(=O)CCCCCCCCC/C=C\CCCCCC. The molecular weight excluding hydrogens is 769 g/mol. The van der Waals surface area contributed by atoms with Gasteiger partial charge in [0.15, 0.2) is 6.10 Å². The molecule has 0 aliphatic rings. The maximum absolute atomic E-state index is 12.8. The molecule has 0 aromatic heterocycles. The Morgan fingerprint density at radius 1 is 0.323 bits per heavy atom. The van der Waals surface area contributed by atoms with E-state index in [0.29, 0.717) is 19.3 Å². The quantitative estimate of drug-likeness (QED) is 0.0199. The molecule has 0 amide bonds. The fourth-order valence-corrected chi connectivity index (χ4v) is 7.00. The zero-order valence-electron chi connectivity index (χ0n) is 40.6. The molecule has 1 unspecified atom stereocenters. The molecular formula is C56H96O6. The lowest BCUT2D eigenvalue weighted by Crippen LogP contribution is -2.30. The van der Waals surface area contributed by atoms with Gasteiger partial charge in [0.2, 0.25) is 0 Å². The van der Waals surface area contributed by atoms with Gasteiger partial charge in [-0.25, -0.2) is 0 Å². The number of ether oxygens (including phenoxy) is 3. The standard InChI is InChI=1S/C56H96O6/c1-4-7-10-13-16-19-22-24-26-27-28-30-31-34-37-40-43-46-49-55(58)61-52-53(51-60-54(57)48-45-42-39-36-33-21-18-15-12-9-6-3)62-56(59)50-47-44-41-38-35-32-29-25-23-20-17-14-11-8-5-2/h15,18,20-24,26-28,30,33,53H,4-14,16-17,19,25,29,31-32,34-52H2,1-3H3/b18-15-,23-20-,24-22-,27-26-,30-28-,33-21-. The van der Waals surface area contributed by atoms with Crippen LogP contribution in [0.4, 0.5) is 0 Å². The van der Waals surface area contributed by atoms with Gasteiger partial charge in [0.25, 0.3) is 0 Å². The summed E-state index contributed by atoms with van der Waals surface area (Å²) in [6.45, 7) is 6.51. The Labute approximate surface area is 382 Å². The largest absolute Gasteiger partial charge is 0.462 e. The molecule has 0 aliphatic heterocycles. The highest BCUT2D eigenvalue weighted by Crippen LogP contribution is 2.14. The smallest absolute Gasteiger partial charge is 0.306 e. The monoisotopic (exact) mass is 865 g/mol. The molecule has 0 aromatic rings. The molecule has 0 N–H and O–H groups in total. The highest BCUT2D eigenvalue weighted by atomic mass is 16.6. The van der Waals surface area contributed by atoms with E-state index in [0.717, 1.165) is 96.3 Å². The molecule has 0 fully saturated rings. The summed E-state index contributed by atoms with van der Waals surface area (Å²) in [6.07, 6.45) is 63.1. The van der Waals surface area contributed by atoms with Crippen molar-refractivity contribution in [3.8, 4) is 0 Å². The Bertz CT molecular complexity index is 1180. The molecule has 6 heteroatoms. The summed E-state index contributed by atoms with van der Waals surface area (Å²) in [5, 5.41) is 0. The zero-order chi connectivity index (χ0) is 45.1. The maximum Gasteiger partial charge on any atom is 0.306 e. The highest BCUT2D eigenvalue weighted by Gasteiger charge is 2.19. The van der Waals surface area contributed by atoms with Gasteiger partial charge in [-0.1, -0.05) is 209 Å². The van der Waals surface area contributed by atoms with E-state index < -0.39 is 6.10 Å². The van der Waals surface area contributed by atoms with Crippen LogP contribution in [0.5, 0.6) is 0 Å². The van der Waals surface area contributed by atoms with E-state index in [2.05, 4.69) is 93.7 Å². The van der Waals surface area contributed by atoms with E-state index in [1.54, 1.807) is 0 Å². The predicted octanol–water partition coefficient (Wildman–Crippen LogP) is 17.0. The summed E-state index contributed by atoms with van der Waals surface area (Å²) in [4.78, 5) is 37.9. The van der Waals surface area contributed by atoms with Gasteiger partial charge in [-0.3, -0.25) is 14.4 Å². The lowest BCUT2D eigenvalue weighted by atomic mass is 10.1. The van der Waals surface area contributed by atoms with Crippen molar-refractivity contribution in [3.63, 3.8) is 0 Å². The average molecular weight is 865 g/mol. The molecule has 0 bridgehead atoms. The van der Waals surface area contributed by atoms with Crippen LogP contribution in [0.3, 0.4) is 0 Å². The second-order valence-corrected chi connectivity index (χ2v) is 17.2. The Hall–Kier alpha value is -3.15. The van der Waals surface area contributed by atoms with Crippen LogP contribution in [0, 0.1) is 0 Å². The number of hydrogen-bond acceptors (Lipinski definition) is 6. The first-order valence-electron chi connectivity index (χ1n) is 26.0. The van der Waals surface area contributed by atoms with Crippen molar-refractivity contribution in [3.05, 3.63) is 72.9 Å². The lowest BCUT2D eigenvalue weighted by molar-refractivity contribution is -0.167. The molecule has 0 spiro atoms. The van der Waals surface area contributed by atoms with Gasteiger partial charge in [0.1, 0.15) is 13.2 Å². The van der Waals surface area contributed by atoms with E-state index in [1.165, 1.54) is 109 Å². The van der Waals surface area contributed by atoms with E-state index in [9.17, 15) is 14.4 Å². The molecule has 0 saturated carbocycles. The summed E-state index contributed by atoms with van der Waals surface area (Å²) in [5.74, 6) is -0.947. The molecule has 0 aromatic carbocycles. The van der Waals surface area contributed by atoms with Crippen LogP contribution in [-0.2, 0) is 28.6 Å². The summed E-state index contributed by atoms with van der Waals surface area (Å²) in [5.41, 5.74) is 0. The fraction of sp³-hybridized carbons (Fsp3) is 0.732. The van der Waals surface area contributed by atoms with Gasteiger partial charge >= 0.3 is 17.9 Å². The third-order valence-electron chi connectivity index (χ3n) is 11.0. The number of carbonyl (C=O) groups excluding carboxylic acids is 3. The minimum absolute atomic E-state index is 0.0965. The number of hydrogen-bond donors (Lipinski definition) is 0. The molecule has 1 atom stereocenters. The summed E-state index contributed by atoms with van der Waals surface area (Å²) >= 11 is 0. The summed E-state index contributed by atoms with van der Waals surface area (Å²) in [7, 11) is 0. The number of rotatable bonds is 46. The van der Waals surface area contributed by atoms with Gasteiger partial charge in [0, 0.05) is 19.3 Å². The van der Waals surface area contributed by atoms with Crippen LogP contribution in [0.15, 0.2) is 72.9 Å². The van der Waals surface area contributed by atoms with Crippen molar-refractivity contribution in [2.45, 2.75) is 252 Å². The van der Waals surface area contributed by atoms with E-state index >= 15 is 0 Å². The Morgan fingerprint density at radius 3 is 1.03 bits per heavy atom. The second-order valence-electron chi connectivity index (χ2n) is 17.2. The first-order valence-corrected chi connectivity index (χ1v) is 26.0. The highest BCUT2D eigenvalue weighted by molar-refractivity contribution is 5.71. The van der Waals surface area contributed by atoms with E-state index in [4.69, 9.17) is 14.2 Å². The van der Waals surface area contributed by atoms with Gasteiger partial charge < -0.3 is 14.2 Å². The van der Waals surface area contributed by atoms with Crippen molar-refractivity contribution in [1.29, 1.82) is 0 Å². The minimum Gasteiger partial charge on any atom is -0.462 e. The van der Waals surface area contributed by atoms with Crippen molar-refractivity contribution in [1.82, 2.24) is 0 Å². The molecule has 0 saturated heterocycles. The summed E-state index contributed by atoms with van der Waals surface area (Å²) < 4.78 is 16.7. The third-order valence-corrected chi connectivity index (χ3v) is 11.0. The molecule has 0 heterocycles. The van der Waals surface area contributed by atoms with E-state index in [-0.39, 0.29) is 31.1 Å². The summed E-state index contributed by atoms with van der Waals surface area (Å²) in [6, 6.07) is 0. The fourth-order valence-electron chi connectivity index (χ4n) is 7.00. The van der Waals surface area contributed by atoms with Crippen LogP contribution in [0.2, 0.25) is 0 Å². The molecule has 0 radical (unpaired) electrons. The third kappa shape index (κ3) is 47.9. The minimum atomic E-state index is -0.796. The first kappa shape index (κ1) is 58.9. The topological polar surface area (TPSA) is 78.9 Å². The predicted molar refractivity (Wildman–Crippen MR) is 265 cm³/mol. The number of carbonyl (C=O) groups is 3. The molecule has 0 rings (SSSR count). The van der Waals surface area contributed by atoms with Crippen LogP contribution in [0.1, 0.15) is 245 Å². The van der Waals surface area contributed by atoms with Gasteiger partial charge in [0.05, 0.1) is 0 Å². The number of allylic oxidation sites excluding steroid dienone is 12. The van der Waals surface area contributed by atoms with Crippen LogP contribution in [0.25, 0.3) is 0 Å². The molecule has 0 aliphatic carbocycles. The first-order chi connectivity index (χ1) is 30.5. The number of unbranched alkanes of at least 4 members (excludes halogenated alkanes) is 26. The average Bonchev–Trinajstić information content (AvgIpc) is 3.27. The van der Waals surface area contributed by atoms with Crippen molar-refractivity contribution in [2.24, 2.45) is 0 Å². The number of esters is 3. The van der Waals surface area contributed by atoms with Gasteiger partial charge in [-0.15, -0.1) is 0 Å². The van der Waals surface area contributed by atoms with Gasteiger partial charge in [-0.05, 0) is 89.9 Å².